The van der Waals surface area contributed by atoms with Gasteiger partial charge in [-0.15, -0.1) is 0 Å². The molecule has 1 aromatic carbocycles. The first-order chi connectivity index (χ1) is 13.1. The summed E-state index contributed by atoms with van der Waals surface area (Å²) in [5.41, 5.74) is 4.37. The molecule has 1 aromatic heterocycles. The Balaban J connectivity index is 1.48. The minimum Gasteiger partial charge on any atom is -0.356 e. The average Bonchev–Trinajstić information content (AvgIpc) is 2.98. The Bertz CT molecular complexity index is 824. The molecular formula is C23H33N3O. The lowest BCUT2D eigenvalue weighted by atomic mass is 9.72. The highest BCUT2D eigenvalue weighted by Crippen LogP contribution is 2.44. The molecule has 27 heavy (non-hydrogen) atoms. The first kappa shape index (κ1) is 18.5. The highest BCUT2D eigenvalue weighted by molar-refractivity contribution is 5.89. The fraction of sp³-hybridized carbons (Fsp3) is 0.609. The van der Waals surface area contributed by atoms with Crippen LogP contribution in [0.15, 0.2) is 24.4 Å². The van der Waals surface area contributed by atoms with Crippen LogP contribution >= 0.6 is 0 Å². The number of aromatic nitrogens is 1. The quantitative estimate of drug-likeness (QED) is 0.788. The van der Waals surface area contributed by atoms with E-state index in [-0.39, 0.29) is 5.91 Å². The first-order valence-electron chi connectivity index (χ1n) is 10.6. The zero-order valence-corrected chi connectivity index (χ0v) is 17.0. The summed E-state index contributed by atoms with van der Waals surface area (Å²) in [5.74, 6) is 1.33. The van der Waals surface area contributed by atoms with Crippen LogP contribution in [0.3, 0.4) is 0 Å². The molecule has 1 saturated heterocycles. The molecule has 1 amide bonds. The van der Waals surface area contributed by atoms with E-state index in [2.05, 4.69) is 60.2 Å². The van der Waals surface area contributed by atoms with Gasteiger partial charge in [-0.05, 0) is 49.4 Å². The van der Waals surface area contributed by atoms with Gasteiger partial charge in [0, 0.05) is 55.6 Å². The Kier molecular flexibility index (Phi) is 5.27. The van der Waals surface area contributed by atoms with Crippen LogP contribution in [0.1, 0.15) is 56.1 Å². The highest BCUT2D eigenvalue weighted by atomic mass is 16.1. The van der Waals surface area contributed by atoms with E-state index >= 15 is 0 Å². The van der Waals surface area contributed by atoms with Gasteiger partial charge in [0.1, 0.15) is 0 Å². The number of likely N-dealkylation sites (N-methyl/N-ethyl adjacent to an activating group) is 1. The molecule has 1 aliphatic carbocycles. The van der Waals surface area contributed by atoms with E-state index in [1.807, 2.05) is 0 Å². The Hall–Kier alpha value is -1.81. The standard InChI is InChI=1S/C23H33N3O/c1-4-5-6-10-22(27)24-13-16-11-19-18-8-7-9-20-23(18)17(15-26(20)3)12-21(19)25(2)14-16/h7-9,15-16,19,21H,4-6,10-14H2,1-3H3,(H,24,27)/t16-,19+,21+/m0/s1. The van der Waals surface area contributed by atoms with E-state index in [9.17, 15) is 4.79 Å². The summed E-state index contributed by atoms with van der Waals surface area (Å²) in [6.45, 7) is 4.07. The number of likely N-dealkylation sites (tertiary alicyclic amines) is 1. The van der Waals surface area contributed by atoms with Gasteiger partial charge in [0.2, 0.25) is 5.91 Å². The number of carbonyl (C=O) groups excluding carboxylic acids is 1. The molecule has 2 heterocycles. The summed E-state index contributed by atoms with van der Waals surface area (Å²) < 4.78 is 2.28. The molecule has 146 valence electrons. The maximum absolute atomic E-state index is 12.1. The average molecular weight is 368 g/mol. The lowest BCUT2D eigenvalue weighted by Gasteiger charge is -2.45. The number of hydrogen-bond donors (Lipinski definition) is 1. The van der Waals surface area contributed by atoms with Crippen molar-refractivity contribution in [1.82, 2.24) is 14.8 Å². The number of carbonyl (C=O) groups is 1. The van der Waals surface area contributed by atoms with Gasteiger partial charge in [-0.2, -0.15) is 0 Å². The maximum Gasteiger partial charge on any atom is 0.220 e. The molecule has 1 aliphatic heterocycles. The molecule has 1 fully saturated rings. The van der Waals surface area contributed by atoms with E-state index in [0.29, 0.717) is 24.3 Å². The van der Waals surface area contributed by atoms with Crippen LogP contribution in [0, 0.1) is 5.92 Å². The van der Waals surface area contributed by atoms with Crippen LogP contribution in [-0.4, -0.2) is 41.6 Å². The molecule has 1 N–H and O–H groups in total. The second kappa shape index (κ2) is 7.67. The van der Waals surface area contributed by atoms with Gasteiger partial charge in [0.25, 0.3) is 0 Å². The summed E-state index contributed by atoms with van der Waals surface area (Å²) in [5, 5.41) is 4.69. The molecule has 0 spiro atoms. The Morgan fingerprint density at radius 2 is 2.11 bits per heavy atom. The third-order valence-electron chi connectivity index (χ3n) is 6.71. The fourth-order valence-corrected chi connectivity index (χ4v) is 5.36. The van der Waals surface area contributed by atoms with E-state index in [1.54, 1.807) is 0 Å². The van der Waals surface area contributed by atoms with Crippen molar-refractivity contribution in [1.29, 1.82) is 0 Å². The van der Waals surface area contributed by atoms with Crippen molar-refractivity contribution in [3.8, 4) is 0 Å². The third-order valence-corrected chi connectivity index (χ3v) is 6.71. The summed E-state index contributed by atoms with van der Waals surface area (Å²) >= 11 is 0. The first-order valence-corrected chi connectivity index (χ1v) is 10.6. The minimum atomic E-state index is 0.226. The molecule has 2 aliphatic rings. The molecular weight excluding hydrogens is 334 g/mol. The van der Waals surface area contributed by atoms with Crippen LogP contribution in [0.4, 0.5) is 0 Å². The molecule has 4 nitrogen and oxygen atoms in total. The van der Waals surface area contributed by atoms with E-state index in [1.165, 1.54) is 28.5 Å². The van der Waals surface area contributed by atoms with Crippen LogP contribution in [0.5, 0.6) is 0 Å². The Labute approximate surface area is 162 Å². The number of unbranched alkanes of at least 4 members (excludes halogenated alkanes) is 2. The lowest BCUT2D eigenvalue weighted by molar-refractivity contribution is -0.121. The molecule has 0 unspecified atom stereocenters. The van der Waals surface area contributed by atoms with Crippen molar-refractivity contribution in [3.63, 3.8) is 0 Å². The van der Waals surface area contributed by atoms with E-state index in [0.717, 1.165) is 38.8 Å². The summed E-state index contributed by atoms with van der Waals surface area (Å²) in [6.07, 6.45) is 8.64. The Morgan fingerprint density at radius 3 is 2.93 bits per heavy atom. The lowest BCUT2D eigenvalue weighted by Crippen LogP contribution is -2.50. The molecule has 0 radical (unpaired) electrons. The molecule has 4 heteroatoms. The topological polar surface area (TPSA) is 37.3 Å². The van der Waals surface area contributed by atoms with Gasteiger partial charge in [-0.3, -0.25) is 4.79 Å². The van der Waals surface area contributed by atoms with Crippen LogP contribution < -0.4 is 5.32 Å². The van der Waals surface area contributed by atoms with Gasteiger partial charge < -0.3 is 14.8 Å². The van der Waals surface area contributed by atoms with Crippen molar-refractivity contribution in [2.24, 2.45) is 13.0 Å². The summed E-state index contributed by atoms with van der Waals surface area (Å²) in [4.78, 5) is 14.7. The number of amides is 1. The highest BCUT2D eigenvalue weighted by Gasteiger charge is 2.39. The molecule has 4 rings (SSSR count). The van der Waals surface area contributed by atoms with Gasteiger partial charge in [0.05, 0.1) is 0 Å². The fourth-order valence-electron chi connectivity index (χ4n) is 5.36. The number of fused-ring (bicyclic) bond motifs is 2. The van der Waals surface area contributed by atoms with Crippen molar-refractivity contribution in [2.75, 3.05) is 20.1 Å². The number of benzene rings is 1. The largest absolute Gasteiger partial charge is 0.356 e. The van der Waals surface area contributed by atoms with E-state index < -0.39 is 0 Å². The maximum atomic E-state index is 12.1. The van der Waals surface area contributed by atoms with Crippen LogP contribution in [0.25, 0.3) is 10.9 Å². The molecule has 3 atom stereocenters. The van der Waals surface area contributed by atoms with Gasteiger partial charge in [-0.25, -0.2) is 0 Å². The predicted molar refractivity (Wildman–Crippen MR) is 111 cm³/mol. The zero-order valence-electron chi connectivity index (χ0n) is 17.0. The monoisotopic (exact) mass is 367 g/mol. The zero-order chi connectivity index (χ0) is 19.0. The second-order valence-corrected chi connectivity index (χ2v) is 8.69. The van der Waals surface area contributed by atoms with Gasteiger partial charge >= 0.3 is 0 Å². The van der Waals surface area contributed by atoms with Gasteiger partial charge in [-0.1, -0.05) is 31.9 Å². The van der Waals surface area contributed by atoms with Gasteiger partial charge in [0.15, 0.2) is 0 Å². The minimum absolute atomic E-state index is 0.226. The van der Waals surface area contributed by atoms with Crippen molar-refractivity contribution in [2.45, 2.75) is 57.4 Å². The van der Waals surface area contributed by atoms with E-state index in [4.69, 9.17) is 0 Å². The summed E-state index contributed by atoms with van der Waals surface area (Å²) in [7, 11) is 4.42. The third kappa shape index (κ3) is 3.52. The normalized spacial score (nSPS) is 24.8. The number of aryl methyl sites for hydroxylation is 1. The predicted octanol–water partition coefficient (Wildman–Crippen LogP) is 3.83. The molecule has 0 saturated carbocycles. The number of rotatable bonds is 6. The molecule has 0 bridgehead atoms. The van der Waals surface area contributed by atoms with Crippen LogP contribution in [0.2, 0.25) is 0 Å². The smallest absolute Gasteiger partial charge is 0.220 e. The number of piperidine rings is 1. The van der Waals surface area contributed by atoms with Crippen molar-refractivity contribution >= 4 is 16.8 Å². The van der Waals surface area contributed by atoms with Crippen molar-refractivity contribution < 1.29 is 4.79 Å². The number of hydrogen-bond acceptors (Lipinski definition) is 2. The number of nitrogens with one attached hydrogen (secondary N) is 1. The van der Waals surface area contributed by atoms with Crippen LogP contribution in [-0.2, 0) is 18.3 Å². The second-order valence-electron chi connectivity index (χ2n) is 8.69. The SMILES string of the molecule is CCCCCC(=O)NC[C@@H]1C[C@@H]2c3cccc4c3c(cn4C)C[C@H]2N(C)C1. The molecule has 2 aromatic rings. The number of nitrogens with zero attached hydrogens (tertiary/aromatic N) is 2. The Morgan fingerprint density at radius 1 is 1.26 bits per heavy atom. The summed E-state index contributed by atoms with van der Waals surface area (Å²) in [6, 6.07) is 7.37. The van der Waals surface area contributed by atoms with Crippen molar-refractivity contribution in [3.05, 3.63) is 35.5 Å².